The molecule has 0 spiro atoms. The van der Waals surface area contributed by atoms with Crippen LogP contribution in [0.4, 0.5) is 5.69 Å². The van der Waals surface area contributed by atoms with Crippen molar-refractivity contribution in [2.24, 2.45) is 7.05 Å². The standard InChI is InChI=1S/C17H15Cl2N3OS/c1-22-14-8-3-2-7-13(14)20-17(22)24-10-9-15(23)21-16-11(18)5-4-6-12(16)19/h2-8H,9-10H2,1H3,(H,21,23). The summed E-state index contributed by atoms with van der Waals surface area (Å²) < 4.78 is 2.03. The highest BCUT2D eigenvalue weighted by atomic mass is 35.5. The normalized spacial score (nSPS) is 11.0. The van der Waals surface area contributed by atoms with Crippen molar-refractivity contribution in [2.75, 3.05) is 11.1 Å². The molecule has 2 aromatic carbocycles. The first-order valence-corrected chi connectivity index (χ1v) is 9.08. The number of aromatic nitrogens is 2. The Morgan fingerprint density at radius 3 is 2.58 bits per heavy atom. The van der Waals surface area contributed by atoms with Gasteiger partial charge in [0.05, 0.1) is 26.8 Å². The van der Waals surface area contributed by atoms with E-state index < -0.39 is 0 Å². The summed E-state index contributed by atoms with van der Waals surface area (Å²) in [5.41, 5.74) is 2.49. The van der Waals surface area contributed by atoms with Crippen LogP contribution >= 0.6 is 35.0 Å². The van der Waals surface area contributed by atoms with E-state index in [-0.39, 0.29) is 5.91 Å². The van der Waals surface area contributed by atoms with Gasteiger partial charge in [-0.25, -0.2) is 4.98 Å². The predicted molar refractivity (Wildman–Crippen MR) is 101 cm³/mol. The van der Waals surface area contributed by atoms with Crippen molar-refractivity contribution in [1.82, 2.24) is 9.55 Å². The largest absolute Gasteiger partial charge is 0.324 e. The molecule has 1 heterocycles. The summed E-state index contributed by atoms with van der Waals surface area (Å²) in [5, 5.41) is 4.51. The maximum Gasteiger partial charge on any atom is 0.225 e. The molecule has 0 fully saturated rings. The lowest BCUT2D eigenvalue weighted by atomic mass is 10.3. The van der Waals surface area contributed by atoms with Crippen LogP contribution in [0.25, 0.3) is 11.0 Å². The smallest absolute Gasteiger partial charge is 0.225 e. The number of nitrogens with zero attached hydrogens (tertiary/aromatic N) is 2. The Hall–Kier alpha value is -1.69. The van der Waals surface area contributed by atoms with E-state index in [0.29, 0.717) is 27.9 Å². The second-order valence-corrected chi connectivity index (χ2v) is 7.06. The van der Waals surface area contributed by atoms with Crippen LogP contribution in [0.5, 0.6) is 0 Å². The SMILES string of the molecule is Cn1c(SCCC(=O)Nc2c(Cl)cccc2Cl)nc2ccccc21. The number of anilines is 1. The van der Waals surface area contributed by atoms with E-state index in [1.54, 1.807) is 30.0 Å². The first-order valence-electron chi connectivity index (χ1n) is 7.34. The number of carbonyl (C=O) groups is 1. The Balaban J connectivity index is 1.59. The second-order valence-electron chi connectivity index (χ2n) is 5.19. The van der Waals surface area contributed by atoms with Crippen LogP contribution in [0.2, 0.25) is 10.0 Å². The van der Waals surface area contributed by atoms with Gasteiger partial charge >= 0.3 is 0 Å². The van der Waals surface area contributed by atoms with Crippen molar-refractivity contribution in [2.45, 2.75) is 11.6 Å². The average molecular weight is 380 g/mol. The summed E-state index contributed by atoms with van der Waals surface area (Å²) >= 11 is 13.6. The molecule has 0 aliphatic carbocycles. The first-order chi connectivity index (χ1) is 11.6. The van der Waals surface area contributed by atoms with Crippen LogP contribution in [-0.2, 0) is 11.8 Å². The summed E-state index contributed by atoms with van der Waals surface area (Å²) in [6.45, 7) is 0. The average Bonchev–Trinajstić information content (AvgIpc) is 2.88. The molecule has 24 heavy (non-hydrogen) atoms. The molecular formula is C17H15Cl2N3OS. The zero-order valence-corrected chi connectivity index (χ0v) is 15.3. The van der Waals surface area contributed by atoms with Gasteiger partial charge in [0.15, 0.2) is 5.16 Å². The van der Waals surface area contributed by atoms with E-state index in [1.807, 2.05) is 35.9 Å². The number of amides is 1. The molecule has 0 saturated carbocycles. The lowest BCUT2D eigenvalue weighted by Crippen LogP contribution is -2.13. The van der Waals surface area contributed by atoms with Crippen LogP contribution in [0, 0.1) is 0 Å². The van der Waals surface area contributed by atoms with Gasteiger partial charge in [-0.05, 0) is 24.3 Å². The molecular weight excluding hydrogens is 365 g/mol. The van der Waals surface area contributed by atoms with Gasteiger partial charge in [0.25, 0.3) is 0 Å². The number of carbonyl (C=O) groups excluding carboxylic acids is 1. The van der Waals surface area contributed by atoms with E-state index in [0.717, 1.165) is 16.2 Å². The zero-order valence-electron chi connectivity index (χ0n) is 12.9. The molecule has 0 aliphatic rings. The fourth-order valence-corrected chi connectivity index (χ4v) is 3.72. The van der Waals surface area contributed by atoms with Gasteiger partial charge in [-0.1, -0.05) is 53.2 Å². The van der Waals surface area contributed by atoms with E-state index >= 15 is 0 Å². The van der Waals surface area contributed by atoms with Gasteiger partial charge < -0.3 is 9.88 Å². The summed E-state index contributed by atoms with van der Waals surface area (Å²) in [4.78, 5) is 16.7. The molecule has 0 saturated heterocycles. The zero-order chi connectivity index (χ0) is 17.1. The third-order valence-electron chi connectivity index (χ3n) is 3.53. The van der Waals surface area contributed by atoms with Gasteiger partial charge in [0.2, 0.25) is 5.91 Å². The van der Waals surface area contributed by atoms with Crippen molar-refractivity contribution >= 4 is 57.6 Å². The maximum absolute atomic E-state index is 12.1. The van der Waals surface area contributed by atoms with Crippen molar-refractivity contribution in [1.29, 1.82) is 0 Å². The Morgan fingerprint density at radius 1 is 1.17 bits per heavy atom. The molecule has 0 unspecified atom stereocenters. The Bertz CT molecular complexity index is 874. The van der Waals surface area contributed by atoms with Crippen LogP contribution in [0.15, 0.2) is 47.6 Å². The molecule has 1 amide bonds. The topological polar surface area (TPSA) is 46.9 Å². The highest BCUT2D eigenvalue weighted by Crippen LogP contribution is 2.30. The Morgan fingerprint density at radius 2 is 1.88 bits per heavy atom. The number of halogens is 2. The van der Waals surface area contributed by atoms with Crippen LogP contribution in [0.3, 0.4) is 0 Å². The number of imidazole rings is 1. The molecule has 0 atom stereocenters. The van der Waals surface area contributed by atoms with E-state index in [9.17, 15) is 4.79 Å². The number of hydrogen-bond donors (Lipinski definition) is 1. The highest BCUT2D eigenvalue weighted by Gasteiger charge is 2.11. The summed E-state index contributed by atoms with van der Waals surface area (Å²) in [5.74, 6) is 0.488. The fourth-order valence-electron chi connectivity index (χ4n) is 2.31. The van der Waals surface area contributed by atoms with E-state index in [4.69, 9.17) is 23.2 Å². The molecule has 3 aromatic rings. The fraction of sp³-hybridized carbons (Fsp3) is 0.176. The minimum atomic E-state index is -0.128. The quantitative estimate of drug-likeness (QED) is 0.634. The summed E-state index contributed by atoms with van der Waals surface area (Å²) in [7, 11) is 1.97. The van der Waals surface area contributed by atoms with Crippen molar-refractivity contribution in [3.8, 4) is 0 Å². The third kappa shape index (κ3) is 3.69. The third-order valence-corrected chi connectivity index (χ3v) is 5.20. The van der Waals surface area contributed by atoms with Gasteiger partial charge in [0, 0.05) is 19.2 Å². The minimum Gasteiger partial charge on any atom is -0.324 e. The Kier molecular flexibility index (Phi) is 5.33. The molecule has 4 nitrogen and oxygen atoms in total. The highest BCUT2D eigenvalue weighted by molar-refractivity contribution is 7.99. The number of nitrogens with one attached hydrogen (secondary N) is 1. The molecule has 0 radical (unpaired) electrons. The molecule has 124 valence electrons. The molecule has 3 rings (SSSR count). The molecule has 1 aromatic heterocycles. The first kappa shape index (κ1) is 17.1. The number of fused-ring (bicyclic) bond motifs is 1. The number of thioether (sulfide) groups is 1. The van der Waals surface area contributed by atoms with Crippen molar-refractivity contribution < 1.29 is 4.79 Å². The number of benzene rings is 2. The molecule has 0 bridgehead atoms. The van der Waals surface area contributed by atoms with E-state index in [1.165, 1.54) is 0 Å². The monoisotopic (exact) mass is 379 g/mol. The number of aryl methyl sites for hydroxylation is 1. The van der Waals surface area contributed by atoms with Crippen LogP contribution < -0.4 is 5.32 Å². The van der Waals surface area contributed by atoms with Crippen molar-refractivity contribution in [3.05, 3.63) is 52.5 Å². The van der Waals surface area contributed by atoms with Gasteiger partial charge in [0.1, 0.15) is 0 Å². The van der Waals surface area contributed by atoms with E-state index in [2.05, 4.69) is 10.3 Å². The van der Waals surface area contributed by atoms with Crippen LogP contribution in [-0.4, -0.2) is 21.2 Å². The van der Waals surface area contributed by atoms with Gasteiger partial charge in [-0.15, -0.1) is 0 Å². The lowest BCUT2D eigenvalue weighted by molar-refractivity contribution is -0.115. The summed E-state index contributed by atoms with van der Waals surface area (Å²) in [6, 6.07) is 13.1. The molecule has 0 aliphatic heterocycles. The number of para-hydroxylation sites is 3. The van der Waals surface area contributed by atoms with Gasteiger partial charge in [-0.3, -0.25) is 4.79 Å². The Labute approximate surface area is 154 Å². The maximum atomic E-state index is 12.1. The number of hydrogen-bond acceptors (Lipinski definition) is 3. The summed E-state index contributed by atoms with van der Waals surface area (Å²) in [6.07, 6.45) is 0.343. The molecule has 7 heteroatoms. The van der Waals surface area contributed by atoms with Crippen molar-refractivity contribution in [3.63, 3.8) is 0 Å². The van der Waals surface area contributed by atoms with Crippen LogP contribution in [0.1, 0.15) is 6.42 Å². The molecule has 1 N–H and O–H groups in total. The minimum absolute atomic E-state index is 0.128. The number of rotatable bonds is 5. The van der Waals surface area contributed by atoms with Gasteiger partial charge in [-0.2, -0.15) is 0 Å². The predicted octanol–water partition coefficient (Wildman–Crippen LogP) is 5.00. The second kappa shape index (κ2) is 7.47. The lowest BCUT2D eigenvalue weighted by Gasteiger charge is -2.09.